The molecule has 0 radical (unpaired) electrons. The number of nitrogens with two attached hydrogens (primary N) is 2. The van der Waals surface area contributed by atoms with Crippen molar-refractivity contribution in [2.75, 3.05) is 16.0 Å². The molecule has 4 rings (SSSR count). The Labute approximate surface area is 250 Å². The SMILES string of the molecule is CC1(C)N=C(N)N=C(N)N1c1cccc(CC(C(=O)Nc2ccc(S(=O)(=O)F)cc2)c2ccccc2)c1.CCS(=O)(=O)O. The molecule has 0 bridgehead atoms. The Morgan fingerprint density at radius 1 is 1.00 bits per heavy atom. The molecule has 1 heterocycles. The number of amides is 1. The first-order valence-corrected chi connectivity index (χ1v) is 15.9. The second-order valence-electron chi connectivity index (χ2n) is 9.93. The van der Waals surface area contributed by atoms with E-state index in [1.807, 2.05) is 68.4 Å². The molecule has 15 heteroatoms. The summed E-state index contributed by atoms with van der Waals surface area (Å²) in [5.74, 6) is -0.759. The first kappa shape index (κ1) is 33.2. The van der Waals surface area contributed by atoms with Crippen LogP contribution in [0.5, 0.6) is 0 Å². The zero-order chi connectivity index (χ0) is 32.0. The molecular formula is C28H33FN6O6S2. The summed E-state index contributed by atoms with van der Waals surface area (Å²) in [7, 11) is -8.49. The highest BCUT2D eigenvalue weighted by molar-refractivity contribution is 7.86. The lowest BCUT2D eigenvalue weighted by atomic mass is 9.90. The molecule has 0 saturated heterocycles. The fourth-order valence-electron chi connectivity index (χ4n) is 4.29. The quantitative estimate of drug-likeness (QED) is 0.212. The van der Waals surface area contributed by atoms with Gasteiger partial charge in [0.05, 0.1) is 16.6 Å². The minimum absolute atomic E-state index is 0.105. The highest BCUT2D eigenvalue weighted by Crippen LogP contribution is 2.30. The molecule has 3 aromatic carbocycles. The van der Waals surface area contributed by atoms with Crippen LogP contribution in [0, 0.1) is 0 Å². The van der Waals surface area contributed by atoms with Crippen molar-refractivity contribution in [1.82, 2.24) is 0 Å². The van der Waals surface area contributed by atoms with Crippen molar-refractivity contribution in [2.24, 2.45) is 21.5 Å². The zero-order valence-electron chi connectivity index (χ0n) is 23.7. The van der Waals surface area contributed by atoms with Gasteiger partial charge in [-0.15, -0.1) is 3.89 Å². The van der Waals surface area contributed by atoms with Crippen molar-refractivity contribution in [3.63, 3.8) is 0 Å². The van der Waals surface area contributed by atoms with Gasteiger partial charge in [-0.3, -0.25) is 14.2 Å². The van der Waals surface area contributed by atoms with Gasteiger partial charge in [0.15, 0.2) is 0 Å². The van der Waals surface area contributed by atoms with E-state index in [0.717, 1.165) is 28.9 Å². The average Bonchev–Trinajstić information content (AvgIpc) is 2.91. The lowest BCUT2D eigenvalue weighted by Crippen LogP contribution is -2.54. The van der Waals surface area contributed by atoms with E-state index in [0.29, 0.717) is 12.1 Å². The topological polar surface area (TPSA) is 198 Å². The Morgan fingerprint density at radius 3 is 2.14 bits per heavy atom. The van der Waals surface area contributed by atoms with Crippen LogP contribution in [0.2, 0.25) is 0 Å². The third-order valence-electron chi connectivity index (χ3n) is 6.29. The van der Waals surface area contributed by atoms with Gasteiger partial charge < -0.3 is 16.8 Å². The molecule has 3 aromatic rings. The summed E-state index contributed by atoms with van der Waals surface area (Å²) in [4.78, 5) is 23.2. The van der Waals surface area contributed by atoms with Crippen molar-refractivity contribution in [1.29, 1.82) is 0 Å². The average molecular weight is 633 g/mol. The molecule has 1 aliphatic rings. The standard InChI is InChI=1S/C26H27FN6O3S.C2H6O3S/c1-26(2)32-24(28)31-25(29)33(26)20-10-6-7-17(15-20)16-22(18-8-4-3-5-9-18)23(34)30-19-11-13-21(14-12-19)37(27,35)36;1-2-6(3,4)5/h3-15,22H,16H2,1-2H3,(H,30,34)(H4,28,29,31,32);2H2,1H3,(H,3,4,5). The number of benzene rings is 3. The third kappa shape index (κ3) is 9.33. The van der Waals surface area contributed by atoms with E-state index in [1.165, 1.54) is 19.1 Å². The highest BCUT2D eigenvalue weighted by atomic mass is 32.3. The summed E-state index contributed by atoms with van der Waals surface area (Å²) in [6.07, 6.45) is 0.358. The number of aliphatic imine (C=N–C) groups is 2. The van der Waals surface area contributed by atoms with Gasteiger partial charge in [-0.25, -0.2) is 4.99 Å². The third-order valence-corrected chi connectivity index (χ3v) is 7.85. The number of hydrogen-bond acceptors (Lipinski definition) is 10. The van der Waals surface area contributed by atoms with E-state index >= 15 is 0 Å². The van der Waals surface area contributed by atoms with Gasteiger partial charge in [0.2, 0.25) is 17.8 Å². The summed E-state index contributed by atoms with van der Waals surface area (Å²) < 4.78 is 62.3. The molecule has 230 valence electrons. The molecule has 1 unspecified atom stereocenters. The maximum Gasteiger partial charge on any atom is 0.332 e. The summed E-state index contributed by atoms with van der Waals surface area (Å²) >= 11 is 0. The first-order valence-electron chi connectivity index (χ1n) is 12.9. The van der Waals surface area contributed by atoms with Crippen LogP contribution in [0.25, 0.3) is 0 Å². The van der Waals surface area contributed by atoms with E-state index in [9.17, 15) is 25.5 Å². The van der Waals surface area contributed by atoms with Crippen molar-refractivity contribution >= 4 is 49.5 Å². The molecule has 0 spiro atoms. The van der Waals surface area contributed by atoms with Crippen LogP contribution >= 0.6 is 0 Å². The molecule has 0 fully saturated rings. The number of nitrogens with zero attached hydrogens (tertiary/aromatic N) is 3. The molecule has 1 aliphatic heterocycles. The number of hydrogen-bond donors (Lipinski definition) is 4. The lowest BCUT2D eigenvalue weighted by molar-refractivity contribution is -0.117. The Balaban J connectivity index is 0.000000765. The van der Waals surface area contributed by atoms with Crippen molar-refractivity contribution in [3.8, 4) is 0 Å². The van der Waals surface area contributed by atoms with E-state index < -0.39 is 36.8 Å². The number of rotatable bonds is 8. The summed E-state index contributed by atoms with van der Waals surface area (Å²) in [5.41, 5.74) is 14.0. The minimum Gasteiger partial charge on any atom is -0.369 e. The van der Waals surface area contributed by atoms with E-state index in [1.54, 1.807) is 4.90 Å². The molecule has 0 aromatic heterocycles. The summed E-state index contributed by atoms with van der Waals surface area (Å²) in [5, 5.41) is 2.81. The Bertz CT molecular complexity index is 1730. The molecular weight excluding hydrogens is 599 g/mol. The number of anilines is 2. The van der Waals surface area contributed by atoms with Gasteiger partial charge in [0.1, 0.15) is 5.66 Å². The van der Waals surface area contributed by atoms with Gasteiger partial charge in [0.25, 0.3) is 10.1 Å². The van der Waals surface area contributed by atoms with Crippen molar-refractivity contribution < 1.29 is 30.1 Å². The second kappa shape index (κ2) is 13.3. The van der Waals surface area contributed by atoms with Gasteiger partial charge in [-0.05, 0) is 74.7 Å². The molecule has 1 atom stereocenters. The molecule has 0 saturated carbocycles. The monoisotopic (exact) mass is 632 g/mol. The van der Waals surface area contributed by atoms with Crippen molar-refractivity contribution in [3.05, 3.63) is 90.0 Å². The molecule has 1 amide bonds. The highest BCUT2D eigenvalue weighted by Gasteiger charge is 2.33. The van der Waals surface area contributed by atoms with Crippen LogP contribution < -0.4 is 21.7 Å². The number of carbonyl (C=O) groups is 1. The Morgan fingerprint density at radius 2 is 1.60 bits per heavy atom. The molecule has 6 N–H and O–H groups in total. The predicted molar refractivity (Wildman–Crippen MR) is 165 cm³/mol. The lowest BCUT2D eigenvalue weighted by Gasteiger charge is -2.38. The molecule has 0 aliphatic carbocycles. The van der Waals surface area contributed by atoms with Gasteiger partial charge in [0, 0.05) is 11.4 Å². The van der Waals surface area contributed by atoms with Crippen LogP contribution in [0.1, 0.15) is 37.8 Å². The second-order valence-corrected chi connectivity index (χ2v) is 13.0. The largest absolute Gasteiger partial charge is 0.369 e. The van der Waals surface area contributed by atoms with Gasteiger partial charge in [-0.2, -0.15) is 21.8 Å². The van der Waals surface area contributed by atoms with Crippen molar-refractivity contribution in [2.45, 2.75) is 43.7 Å². The maximum atomic E-state index is 13.4. The smallest absolute Gasteiger partial charge is 0.332 e. The van der Waals surface area contributed by atoms with Crippen LogP contribution in [0.4, 0.5) is 15.3 Å². The number of guanidine groups is 2. The molecule has 43 heavy (non-hydrogen) atoms. The van der Waals surface area contributed by atoms with E-state index in [-0.39, 0.29) is 23.6 Å². The number of halogens is 1. The van der Waals surface area contributed by atoms with Crippen LogP contribution in [0.3, 0.4) is 0 Å². The van der Waals surface area contributed by atoms with Crippen LogP contribution in [0.15, 0.2) is 93.7 Å². The number of nitrogens with one attached hydrogen (secondary N) is 1. The summed E-state index contributed by atoms with van der Waals surface area (Å²) in [6.45, 7) is 5.11. The van der Waals surface area contributed by atoms with Crippen LogP contribution in [-0.2, 0) is 31.6 Å². The minimum atomic E-state index is -4.83. The van der Waals surface area contributed by atoms with E-state index in [2.05, 4.69) is 15.3 Å². The zero-order valence-corrected chi connectivity index (χ0v) is 25.3. The van der Waals surface area contributed by atoms with Gasteiger partial charge >= 0.3 is 10.2 Å². The fraction of sp³-hybridized carbons (Fsp3) is 0.250. The maximum absolute atomic E-state index is 13.4. The molecule has 12 nitrogen and oxygen atoms in total. The normalized spacial score (nSPS) is 15.3. The Hall–Kier alpha value is -4.34. The fourth-order valence-corrected chi connectivity index (χ4v) is 4.75. The first-order chi connectivity index (χ1) is 20.0. The van der Waals surface area contributed by atoms with E-state index in [4.69, 9.17) is 16.0 Å². The van der Waals surface area contributed by atoms with Gasteiger partial charge in [-0.1, -0.05) is 42.5 Å². The predicted octanol–water partition coefficient (Wildman–Crippen LogP) is 3.39. The van der Waals surface area contributed by atoms with Crippen LogP contribution in [-0.4, -0.2) is 50.6 Å². The Kier molecular flexibility index (Phi) is 10.3. The number of carbonyl (C=O) groups excluding carboxylic acids is 1. The summed E-state index contributed by atoms with van der Waals surface area (Å²) in [6, 6.07) is 21.8.